The summed E-state index contributed by atoms with van der Waals surface area (Å²) in [4.78, 5) is 13.7. The molecule has 0 aromatic heterocycles. The number of amides is 1. The quantitative estimate of drug-likeness (QED) is 0.484. The summed E-state index contributed by atoms with van der Waals surface area (Å²) in [6.45, 7) is 6.27. The summed E-state index contributed by atoms with van der Waals surface area (Å²) in [5.41, 5.74) is -0.113. The van der Waals surface area contributed by atoms with E-state index in [1.165, 1.54) is 0 Å². The van der Waals surface area contributed by atoms with Crippen LogP contribution in [-0.2, 0) is 4.79 Å². The largest absolute Gasteiger partial charge is 0.330 e. The van der Waals surface area contributed by atoms with E-state index in [1.807, 2.05) is 5.32 Å². The number of piperazine rings is 1. The van der Waals surface area contributed by atoms with Gasteiger partial charge >= 0.3 is 5.91 Å². The molecule has 0 aliphatic carbocycles. The Morgan fingerprint density at radius 1 is 1.73 bits per heavy atom. The fourth-order valence-corrected chi connectivity index (χ4v) is 2.44. The predicted molar refractivity (Wildman–Crippen MR) is 41.0 cm³/mol. The van der Waals surface area contributed by atoms with E-state index in [4.69, 9.17) is 0 Å². The Labute approximate surface area is 66.8 Å². The molecule has 0 bridgehead atoms. The lowest BCUT2D eigenvalue weighted by atomic mass is 9.78. The van der Waals surface area contributed by atoms with Crippen molar-refractivity contribution in [2.45, 2.75) is 31.8 Å². The number of fused-ring (bicyclic) bond motifs is 1. The SMILES string of the molecule is CC1CC2(C)C(=O)[NH2+]CCN12. The Balaban J connectivity index is 2.19. The third kappa shape index (κ3) is 0.781. The van der Waals surface area contributed by atoms with Gasteiger partial charge in [0, 0.05) is 12.6 Å². The molecule has 2 unspecified atom stereocenters. The average Bonchev–Trinajstić information content (AvgIpc) is 1.95. The average molecular weight is 155 g/mol. The van der Waals surface area contributed by atoms with Gasteiger partial charge in [-0.2, -0.15) is 0 Å². The molecule has 11 heavy (non-hydrogen) atoms. The van der Waals surface area contributed by atoms with Gasteiger partial charge in [0.15, 0.2) is 0 Å². The van der Waals surface area contributed by atoms with Crippen molar-refractivity contribution in [1.82, 2.24) is 4.90 Å². The van der Waals surface area contributed by atoms with Crippen molar-refractivity contribution >= 4 is 5.91 Å². The van der Waals surface area contributed by atoms with Crippen molar-refractivity contribution in [2.75, 3.05) is 13.1 Å². The molecule has 2 saturated heterocycles. The van der Waals surface area contributed by atoms with Crippen molar-refractivity contribution in [3.8, 4) is 0 Å². The van der Waals surface area contributed by atoms with E-state index in [0.717, 1.165) is 19.5 Å². The molecular weight excluding hydrogens is 140 g/mol. The third-order valence-corrected chi connectivity index (χ3v) is 3.09. The van der Waals surface area contributed by atoms with E-state index in [-0.39, 0.29) is 5.54 Å². The second-order valence-electron chi connectivity index (χ2n) is 3.88. The lowest BCUT2D eigenvalue weighted by Crippen LogP contribution is -3.00. The number of carbonyl (C=O) groups excluding carboxylic acids is 1. The standard InChI is InChI=1S/C8H14N2O/c1-6-5-8(2)7(11)9-3-4-10(6)8/h6H,3-5H2,1-2H3,(H,9,11)/p+1. The van der Waals surface area contributed by atoms with Crippen molar-refractivity contribution in [3.05, 3.63) is 0 Å². The smallest absolute Gasteiger partial charge is 0.280 e. The summed E-state index contributed by atoms with van der Waals surface area (Å²) in [7, 11) is 0. The maximum Gasteiger partial charge on any atom is 0.330 e. The highest BCUT2D eigenvalue weighted by molar-refractivity contribution is 5.79. The van der Waals surface area contributed by atoms with Gasteiger partial charge in [-0.15, -0.1) is 0 Å². The summed E-state index contributed by atoms with van der Waals surface area (Å²) in [6.07, 6.45) is 1.04. The molecule has 0 aromatic rings. The van der Waals surface area contributed by atoms with E-state index in [0.29, 0.717) is 11.9 Å². The van der Waals surface area contributed by atoms with Gasteiger partial charge in [0.1, 0.15) is 5.54 Å². The van der Waals surface area contributed by atoms with Crippen LogP contribution in [0.1, 0.15) is 20.3 Å². The Morgan fingerprint density at radius 2 is 2.45 bits per heavy atom. The molecule has 0 radical (unpaired) electrons. The molecule has 2 fully saturated rings. The summed E-state index contributed by atoms with van der Waals surface area (Å²) in [5, 5.41) is 1.85. The van der Waals surface area contributed by atoms with Crippen molar-refractivity contribution in [3.63, 3.8) is 0 Å². The number of rotatable bonds is 0. The van der Waals surface area contributed by atoms with E-state index in [1.54, 1.807) is 0 Å². The van der Waals surface area contributed by atoms with E-state index >= 15 is 0 Å². The van der Waals surface area contributed by atoms with Crippen LogP contribution in [0.25, 0.3) is 0 Å². The highest BCUT2D eigenvalue weighted by Gasteiger charge is 2.55. The highest BCUT2D eigenvalue weighted by Crippen LogP contribution is 2.35. The molecule has 3 nitrogen and oxygen atoms in total. The highest BCUT2D eigenvalue weighted by atomic mass is 16.2. The van der Waals surface area contributed by atoms with Crippen LogP contribution in [0.5, 0.6) is 0 Å². The van der Waals surface area contributed by atoms with Crippen LogP contribution in [0.15, 0.2) is 0 Å². The van der Waals surface area contributed by atoms with Gasteiger partial charge in [0.2, 0.25) is 0 Å². The summed E-state index contributed by atoms with van der Waals surface area (Å²) >= 11 is 0. The van der Waals surface area contributed by atoms with Crippen molar-refractivity contribution < 1.29 is 10.1 Å². The summed E-state index contributed by atoms with van der Waals surface area (Å²) < 4.78 is 0. The van der Waals surface area contributed by atoms with Crippen LogP contribution < -0.4 is 5.32 Å². The summed E-state index contributed by atoms with van der Waals surface area (Å²) in [6, 6.07) is 0.623. The Kier molecular flexibility index (Phi) is 1.35. The van der Waals surface area contributed by atoms with Crippen LogP contribution in [0, 0.1) is 0 Å². The molecule has 1 amide bonds. The Bertz CT molecular complexity index is 204. The van der Waals surface area contributed by atoms with Crippen LogP contribution in [0.2, 0.25) is 0 Å². The van der Waals surface area contributed by atoms with Gasteiger partial charge in [0.05, 0.1) is 6.54 Å². The number of hydrogen-bond donors (Lipinski definition) is 1. The monoisotopic (exact) mass is 155 g/mol. The summed E-state index contributed by atoms with van der Waals surface area (Å²) in [5.74, 6) is 0.335. The lowest BCUT2D eigenvalue weighted by Gasteiger charge is -2.54. The maximum atomic E-state index is 11.4. The van der Waals surface area contributed by atoms with Gasteiger partial charge in [0.25, 0.3) is 0 Å². The van der Waals surface area contributed by atoms with E-state index in [9.17, 15) is 4.79 Å². The third-order valence-electron chi connectivity index (χ3n) is 3.09. The zero-order valence-electron chi connectivity index (χ0n) is 7.13. The molecule has 2 atom stereocenters. The van der Waals surface area contributed by atoms with Crippen LogP contribution in [0.4, 0.5) is 0 Å². The van der Waals surface area contributed by atoms with Gasteiger partial charge in [-0.1, -0.05) is 0 Å². The number of carbonyl (C=O) groups is 1. The zero-order chi connectivity index (χ0) is 8.06. The first-order valence-electron chi connectivity index (χ1n) is 4.29. The Hall–Kier alpha value is -0.410. The molecule has 2 heterocycles. The number of primary amides is 1. The van der Waals surface area contributed by atoms with Crippen LogP contribution in [-0.4, -0.2) is 35.5 Å². The van der Waals surface area contributed by atoms with Crippen LogP contribution in [0.3, 0.4) is 0 Å². The molecule has 2 aliphatic rings. The molecule has 2 N–H and O–H groups in total. The fourth-order valence-electron chi connectivity index (χ4n) is 2.44. The van der Waals surface area contributed by atoms with Crippen LogP contribution >= 0.6 is 0 Å². The minimum Gasteiger partial charge on any atom is -0.280 e. The molecular formula is C8H15N2O+. The predicted octanol–water partition coefficient (Wildman–Crippen LogP) is -1.06. The second kappa shape index (κ2) is 2.05. The normalized spacial score (nSPS) is 44.9. The lowest BCUT2D eigenvalue weighted by molar-refractivity contribution is -0.589. The number of nitrogens with zero attached hydrogens (tertiary/aromatic N) is 1. The minimum atomic E-state index is -0.113. The number of quaternary nitrogens is 1. The Morgan fingerprint density at radius 3 is 3.00 bits per heavy atom. The minimum absolute atomic E-state index is 0.113. The molecule has 2 rings (SSSR count). The fraction of sp³-hybridized carbons (Fsp3) is 0.875. The first-order chi connectivity index (χ1) is 5.14. The molecule has 0 spiro atoms. The van der Waals surface area contributed by atoms with Gasteiger partial charge in [-0.3, -0.25) is 10.2 Å². The molecule has 0 saturated carbocycles. The van der Waals surface area contributed by atoms with E-state index in [2.05, 4.69) is 18.7 Å². The first-order valence-corrected chi connectivity index (χ1v) is 4.29. The molecule has 0 aromatic carbocycles. The zero-order valence-corrected chi connectivity index (χ0v) is 7.13. The van der Waals surface area contributed by atoms with E-state index < -0.39 is 0 Å². The number of hydrogen-bond acceptors (Lipinski definition) is 2. The number of nitrogens with two attached hydrogens (primary N) is 1. The van der Waals surface area contributed by atoms with Crippen molar-refractivity contribution in [2.24, 2.45) is 0 Å². The second-order valence-corrected chi connectivity index (χ2v) is 3.88. The van der Waals surface area contributed by atoms with Gasteiger partial charge in [-0.25, -0.2) is 4.79 Å². The van der Waals surface area contributed by atoms with Crippen molar-refractivity contribution in [1.29, 1.82) is 0 Å². The maximum absolute atomic E-state index is 11.4. The molecule has 3 heteroatoms. The van der Waals surface area contributed by atoms with Gasteiger partial charge in [-0.05, 0) is 20.3 Å². The topological polar surface area (TPSA) is 36.9 Å². The first kappa shape index (κ1) is 7.25. The molecule has 2 aliphatic heterocycles. The molecule has 62 valence electrons. The van der Waals surface area contributed by atoms with Gasteiger partial charge < -0.3 is 0 Å².